The molecule has 0 spiro atoms. The van der Waals surface area contributed by atoms with Crippen molar-refractivity contribution < 1.29 is 14.3 Å². The van der Waals surface area contributed by atoms with Crippen LogP contribution in [0.25, 0.3) is 0 Å². The Hall–Kier alpha value is -1.84. The van der Waals surface area contributed by atoms with Gasteiger partial charge < -0.3 is 9.64 Å². The number of unbranched alkanes of at least 4 members (excludes halogenated alkanes) is 4. The fourth-order valence-corrected chi connectivity index (χ4v) is 2.50. The highest BCUT2D eigenvalue weighted by Gasteiger charge is 2.35. The van der Waals surface area contributed by atoms with E-state index < -0.39 is 11.7 Å². The van der Waals surface area contributed by atoms with E-state index in [4.69, 9.17) is 4.74 Å². The number of hydrogen-bond donors (Lipinski definition) is 0. The fraction of sp³-hybridized carbons (Fsp3) is 0.500. The summed E-state index contributed by atoms with van der Waals surface area (Å²) >= 11 is 0. The molecule has 108 valence electrons. The van der Waals surface area contributed by atoms with Gasteiger partial charge in [-0.1, -0.05) is 32.6 Å². The molecule has 0 unspecified atom stereocenters. The van der Waals surface area contributed by atoms with Crippen LogP contribution in [0.3, 0.4) is 0 Å². The van der Waals surface area contributed by atoms with E-state index in [0.29, 0.717) is 17.9 Å². The van der Waals surface area contributed by atoms with Gasteiger partial charge in [0, 0.05) is 6.54 Å². The number of fused-ring (bicyclic) bond motifs is 1. The predicted molar refractivity (Wildman–Crippen MR) is 78.4 cm³/mol. The van der Waals surface area contributed by atoms with E-state index >= 15 is 0 Å². The number of benzene rings is 1. The number of anilines is 1. The summed E-state index contributed by atoms with van der Waals surface area (Å²) in [6.07, 6.45) is 5.63. The van der Waals surface area contributed by atoms with Crippen molar-refractivity contribution in [1.29, 1.82) is 0 Å². The molecular weight excluding hydrogens is 254 g/mol. The lowest BCUT2D eigenvalue weighted by Gasteiger charge is -2.16. The normalized spacial score (nSPS) is 13.8. The molecule has 2 rings (SSSR count). The molecular formula is C16H21NO3. The minimum absolute atomic E-state index is 0.413. The maximum Gasteiger partial charge on any atom is 0.299 e. The van der Waals surface area contributed by atoms with Crippen molar-refractivity contribution in [3.8, 4) is 5.75 Å². The standard InChI is InChI=1S/C16H21NO3/c1-3-4-5-6-7-10-17-14-9-8-12(20-2)11-13(14)15(18)16(17)19/h8-9,11H,3-7,10H2,1-2H3. The first kappa shape index (κ1) is 14.6. The number of Topliss-reactive ketones (excluding diaryl/α,β-unsaturated/α-hetero) is 1. The van der Waals surface area contributed by atoms with Crippen LogP contribution >= 0.6 is 0 Å². The van der Waals surface area contributed by atoms with E-state index in [2.05, 4.69) is 6.92 Å². The lowest BCUT2D eigenvalue weighted by atomic mass is 10.1. The molecule has 4 nitrogen and oxygen atoms in total. The molecule has 0 atom stereocenters. The van der Waals surface area contributed by atoms with Crippen LogP contribution in [0.1, 0.15) is 49.4 Å². The van der Waals surface area contributed by atoms with Crippen molar-refractivity contribution in [1.82, 2.24) is 0 Å². The van der Waals surface area contributed by atoms with Gasteiger partial charge in [-0.05, 0) is 24.6 Å². The molecule has 1 aromatic rings. The Morgan fingerprint density at radius 3 is 2.55 bits per heavy atom. The van der Waals surface area contributed by atoms with E-state index in [1.807, 2.05) is 0 Å². The quantitative estimate of drug-likeness (QED) is 0.567. The largest absolute Gasteiger partial charge is 0.497 e. The van der Waals surface area contributed by atoms with Gasteiger partial charge in [0.2, 0.25) is 0 Å². The summed E-state index contributed by atoms with van der Waals surface area (Å²) in [5.41, 5.74) is 1.18. The summed E-state index contributed by atoms with van der Waals surface area (Å²) in [5, 5.41) is 0. The van der Waals surface area contributed by atoms with E-state index in [-0.39, 0.29) is 0 Å². The summed E-state index contributed by atoms with van der Waals surface area (Å²) in [7, 11) is 1.55. The van der Waals surface area contributed by atoms with Gasteiger partial charge in [-0.3, -0.25) is 9.59 Å². The Morgan fingerprint density at radius 1 is 1.10 bits per heavy atom. The molecule has 0 saturated carbocycles. The number of carbonyl (C=O) groups is 2. The maximum absolute atomic E-state index is 12.0. The van der Waals surface area contributed by atoms with E-state index in [1.165, 1.54) is 19.3 Å². The highest BCUT2D eigenvalue weighted by Crippen LogP contribution is 2.32. The van der Waals surface area contributed by atoms with Gasteiger partial charge in [0.05, 0.1) is 18.4 Å². The lowest BCUT2D eigenvalue weighted by Crippen LogP contribution is -2.30. The SMILES string of the molecule is CCCCCCCN1C(=O)C(=O)c2cc(OC)ccc21. The highest BCUT2D eigenvalue weighted by atomic mass is 16.5. The minimum atomic E-state index is -0.424. The van der Waals surface area contributed by atoms with Crippen molar-refractivity contribution >= 4 is 17.4 Å². The topological polar surface area (TPSA) is 46.6 Å². The van der Waals surface area contributed by atoms with Crippen molar-refractivity contribution in [3.63, 3.8) is 0 Å². The molecule has 4 heteroatoms. The second-order valence-corrected chi connectivity index (χ2v) is 5.08. The van der Waals surface area contributed by atoms with Crippen LogP contribution in [0.5, 0.6) is 5.75 Å². The average molecular weight is 275 g/mol. The van der Waals surface area contributed by atoms with Crippen LogP contribution in [0.2, 0.25) is 0 Å². The first-order valence-electron chi connectivity index (χ1n) is 7.23. The molecule has 0 aliphatic carbocycles. The molecule has 0 N–H and O–H groups in total. The maximum atomic E-state index is 12.0. The zero-order valence-corrected chi connectivity index (χ0v) is 12.1. The van der Waals surface area contributed by atoms with Crippen LogP contribution < -0.4 is 9.64 Å². The Kier molecular flexibility index (Phi) is 4.77. The molecule has 1 aromatic carbocycles. The highest BCUT2D eigenvalue weighted by molar-refractivity contribution is 6.52. The summed E-state index contributed by atoms with van der Waals surface area (Å²) in [6, 6.07) is 5.23. The van der Waals surface area contributed by atoms with Crippen LogP contribution in [0.15, 0.2) is 18.2 Å². The van der Waals surface area contributed by atoms with Crippen LogP contribution in [-0.4, -0.2) is 25.3 Å². The van der Waals surface area contributed by atoms with Crippen molar-refractivity contribution in [2.75, 3.05) is 18.6 Å². The number of rotatable bonds is 7. The number of ether oxygens (including phenoxy) is 1. The molecule has 1 aliphatic heterocycles. The van der Waals surface area contributed by atoms with Gasteiger partial charge in [0.25, 0.3) is 11.7 Å². The monoisotopic (exact) mass is 275 g/mol. The number of nitrogens with zero attached hydrogens (tertiary/aromatic N) is 1. The number of hydrogen-bond acceptors (Lipinski definition) is 3. The van der Waals surface area contributed by atoms with E-state index in [9.17, 15) is 9.59 Å². The van der Waals surface area contributed by atoms with E-state index in [1.54, 1.807) is 30.2 Å². The third-order valence-corrected chi connectivity index (χ3v) is 3.66. The Labute approximate surface area is 119 Å². The Balaban J connectivity index is 2.05. The van der Waals surface area contributed by atoms with Gasteiger partial charge in [-0.15, -0.1) is 0 Å². The molecule has 1 aliphatic rings. The fourth-order valence-electron chi connectivity index (χ4n) is 2.50. The van der Waals surface area contributed by atoms with Crippen LogP contribution in [0, 0.1) is 0 Å². The van der Waals surface area contributed by atoms with Crippen LogP contribution in [0.4, 0.5) is 5.69 Å². The second kappa shape index (κ2) is 6.55. The van der Waals surface area contributed by atoms with Gasteiger partial charge in [-0.2, -0.15) is 0 Å². The molecule has 0 bridgehead atoms. The molecule has 20 heavy (non-hydrogen) atoms. The Bertz CT molecular complexity index is 510. The number of carbonyl (C=O) groups excluding carboxylic acids is 2. The molecule has 0 radical (unpaired) electrons. The van der Waals surface area contributed by atoms with Gasteiger partial charge in [0.1, 0.15) is 5.75 Å². The number of ketones is 1. The third-order valence-electron chi connectivity index (χ3n) is 3.66. The third kappa shape index (κ3) is 2.84. The molecule has 0 saturated heterocycles. The Morgan fingerprint density at radius 2 is 1.85 bits per heavy atom. The lowest BCUT2D eigenvalue weighted by molar-refractivity contribution is -0.114. The smallest absolute Gasteiger partial charge is 0.299 e. The van der Waals surface area contributed by atoms with Crippen molar-refractivity contribution in [3.05, 3.63) is 23.8 Å². The minimum Gasteiger partial charge on any atom is -0.497 e. The molecule has 0 fully saturated rings. The van der Waals surface area contributed by atoms with Gasteiger partial charge >= 0.3 is 0 Å². The zero-order chi connectivity index (χ0) is 14.5. The van der Waals surface area contributed by atoms with E-state index in [0.717, 1.165) is 18.5 Å². The van der Waals surface area contributed by atoms with Gasteiger partial charge in [-0.25, -0.2) is 0 Å². The van der Waals surface area contributed by atoms with Crippen LogP contribution in [-0.2, 0) is 4.79 Å². The summed E-state index contributed by atoms with van der Waals surface area (Å²) in [4.78, 5) is 25.6. The van der Waals surface area contributed by atoms with Crippen molar-refractivity contribution in [2.45, 2.75) is 39.0 Å². The van der Waals surface area contributed by atoms with Gasteiger partial charge in [0.15, 0.2) is 0 Å². The number of amides is 1. The average Bonchev–Trinajstić information content (AvgIpc) is 2.71. The van der Waals surface area contributed by atoms with Crippen molar-refractivity contribution in [2.24, 2.45) is 0 Å². The molecule has 0 aromatic heterocycles. The molecule has 1 amide bonds. The first-order valence-corrected chi connectivity index (χ1v) is 7.23. The predicted octanol–water partition coefficient (Wildman–Crippen LogP) is 3.19. The second-order valence-electron chi connectivity index (χ2n) is 5.08. The zero-order valence-electron chi connectivity index (χ0n) is 12.1. The summed E-state index contributed by atoms with van der Waals surface area (Å²) in [5.74, 6) is -0.231. The molecule has 1 heterocycles. The number of methoxy groups -OCH3 is 1. The summed E-state index contributed by atoms with van der Waals surface area (Å²) < 4.78 is 5.10. The first-order chi connectivity index (χ1) is 9.69. The summed E-state index contributed by atoms with van der Waals surface area (Å²) in [6.45, 7) is 2.79.